The van der Waals surface area contributed by atoms with Gasteiger partial charge in [-0.25, -0.2) is 0 Å². The maximum absolute atomic E-state index is 12.2. The molecule has 0 spiro atoms. The summed E-state index contributed by atoms with van der Waals surface area (Å²) in [5.41, 5.74) is 3.20. The van der Waals surface area contributed by atoms with Gasteiger partial charge in [-0.3, -0.25) is 4.79 Å². The lowest BCUT2D eigenvalue weighted by molar-refractivity contribution is -0.120. The van der Waals surface area contributed by atoms with Crippen LogP contribution in [0.25, 0.3) is 27.9 Å². The zero-order valence-electron chi connectivity index (χ0n) is 14.8. The average Bonchev–Trinajstić information content (AvgIpc) is 3.02. The number of carbonyl (C=O) groups excluding carboxylic acids is 1. The molecule has 0 aliphatic carbocycles. The minimum Gasteiger partial charge on any atom is -0.508 e. The predicted molar refractivity (Wildman–Crippen MR) is 109 cm³/mol. The molecule has 4 nitrogen and oxygen atoms in total. The Balaban J connectivity index is 1.46. The fourth-order valence-electron chi connectivity index (χ4n) is 3.35. The van der Waals surface area contributed by atoms with Crippen LogP contribution in [0.3, 0.4) is 0 Å². The molecule has 27 heavy (non-hydrogen) atoms. The molecule has 1 aromatic heterocycles. The molecule has 134 valence electrons. The minimum absolute atomic E-state index is 0.0353. The zero-order chi connectivity index (χ0) is 18.6. The molecule has 3 aromatic carbocycles. The van der Waals surface area contributed by atoms with Crippen LogP contribution in [0.5, 0.6) is 5.75 Å². The second-order valence-electron chi connectivity index (χ2n) is 6.43. The summed E-state index contributed by atoms with van der Waals surface area (Å²) in [4.78, 5) is 12.2. The van der Waals surface area contributed by atoms with Crippen molar-refractivity contribution >= 4 is 33.8 Å². The van der Waals surface area contributed by atoms with Crippen LogP contribution in [-0.2, 0) is 11.3 Å². The molecule has 1 heterocycles. The third kappa shape index (κ3) is 3.55. The number of nitrogens with zero attached hydrogens (tertiary/aromatic N) is 1. The van der Waals surface area contributed by atoms with Gasteiger partial charge < -0.3 is 15.0 Å². The number of rotatable bonds is 5. The summed E-state index contributed by atoms with van der Waals surface area (Å²) < 4.78 is 2.20. The Kier molecular flexibility index (Phi) is 4.62. The van der Waals surface area contributed by atoms with E-state index in [9.17, 15) is 9.90 Å². The number of phenolic OH excluding ortho intramolecular Hbond substituents is 1. The molecule has 0 saturated carbocycles. The van der Waals surface area contributed by atoms with E-state index in [4.69, 9.17) is 0 Å². The molecule has 4 rings (SSSR count). The van der Waals surface area contributed by atoms with Crippen molar-refractivity contribution in [3.8, 4) is 5.75 Å². The van der Waals surface area contributed by atoms with Crippen molar-refractivity contribution in [2.45, 2.75) is 13.0 Å². The van der Waals surface area contributed by atoms with Gasteiger partial charge in [-0.15, -0.1) is 0 Å². The molecule has 0 saturated heterocycles. The first kappa shape index (κ1) is 16.9. The van der Waals surface area contributed by atoms with Crippen LogP contribution in [0, 0.1) is 0 Å². The zero-order valence-corrected chi connectivity index (χ0v) is 14.8. The second-order valence-corrected chi connectivity index (χ2v) is 6.43. The summed E-state index contributed by atoms with van der Waals surface area (Å²) in [5.74, 6) is 0.189. The first-order valence-corrected chi connectivity index (χ1v) is 8.93. The van der Waals surface area contributed by atoms with E-state index in [-0.39, 0.29) is 11.7 Å². The average molecular weight is 356 g/mol. The highest BCUT2D eigenvalue weighted by molar-refractivity contribution is 6.08. The number of hydrogen-bond donors (Lipinski definition) is 2. The van der Waals surface area contributed by atoms with E-state index in [1.165, 1.54) is 10.8 Å². The Bertz CT molecular complexity index is 1070. The van der Waals surface area contributed by atoms with Crippen LogP contribution >= 0.6 is 0 Å². The van der Waals surface area contributed by atoms with E-state index in [0.29, 0.717) is 13.0 Å². The highest BCUT2D eigenvalue weighted by Crippen LogP contribution is 2.28. The Hall–Kier alpha value is -3.53. The van der Waals surface area contributed by atoms with Gasteiger partial charge in [0.15, 0.2) is 0 Å². The first-order chi connectivity index (χ1) is 13.2. The molecule has 0 fully saturated rings. The van der Waals surface area contributed by atoms with E-state index < -0.39 is 0 Å². The maximum atomic E-state index is 12.2. The van der Waals surface area contributed by atoms with Gasteiger partial charge in [-0.05, 0) is 35.9 Å². The molecule has 0 radical (unpaired) electrons. The third-order valence-electron chi connectivity index (χ3n) is 4.66. The van der Waals surface area contributed by atoms with Crippen molar-refractivity contribution in [1.82, 2.24) is 9.88 Å². The van der Waals surface area contributed by atoms with Crippen molar-refractivity contribution in [2.75, 3.05) is 0 Å². The standard InChI is InChI=1S/C23H20N2O2/c26-18-11-9-17(10-12-18)13-15-24-23(27)14-16-25-21-7-3-1-5-19(21)20-6-2-4-8-22(20)25/h1-13,15,26H,14,16H2,(H,24,27)/b15-13+. The summed E-state index contributed by atoms with van der Waals surface area (Å²) >= 11 is 0. The number of nitrogens with one attached hydrogen (secondary N) is 1. The smallest absolute Gasteiger partial charge is 0.225 e. The molecule has 0 aliphatic rings. The van der Waals surface area contributed by atoms with Crippen molar-refractivity contribution < 1.29 is 9.90 Å². The van der Waals surface area contributed by atoms with Crippen molar-refractivity contribution in [3.63, 3.8) is 0 Å². The number of aryl methyl sites for hydroxylation is 1. The van der Waals surface area contributed by atoms with E-state index in [2.05, 4.69) is 34.1 Å². The van der Waals surface area contributed by atoms with Gasteiger partial charge in [0.2, 0.25) is 5.91 Å². The minimum atomic E-state index is -0.0353. The highest BCUT2D eigenvalue weighted by atomic mass is 16.3. The largest absolute Gasteiger partial charge is 0.508 e. The summed E-state index contributed by atoms with van der Waals surface area (Å²) in [7, 11) is 0. The number of benzene rings is 3. The molecular formula is C23H20N2O2. The lowest BCUT2D eigenvalue weighted by Crippen LogP contribution is -2.18. The maximum Gasteiger partial charge on any atom is 0.225 e. The van der Waals surface area contributed by atoms with Gasteiger partial charge in [0.25, 0.3) is 0 Å². The van der Waals surface area contributed by atoms with E-state index in [1.54, 1.807) is 36.5 Å². The molecule has 4 heteroatoms. The lowest BCUT2D eigenvalue weighted by Gasteiger charge is -2.07. The normalized spacial score (nSPS) is 11.4. The van der Waals surface area contributed by atoms with Gasteiger partial charge in [0.05, 0.1) is 0 Å². The monoisotopic (exact) mass is 356 g/mol. The topological polar surface area (TPSA) is 54.3 Å². The van der Waals surface area contributed by atoms with E-state index in [1.807, 2.05) is 24.3 Å². The van der Waals surface area contributed by atoms with Crippen LogP contribution in [0.4, 0.5) is 0 Å². The van der Waals surface area contributed by atoms with Crippen LogP contribution in [-0.4, -0.2) is 15.6 Å². The van der Waals surface area contributed by atoms with Gasteiger partial charge >= 0.3 is 0 Å². The molecule has 0 atom stereocenters. The number of fused-ring (bicyclic) bond motifs is 3. The van der Waals surface area contributed by atoms with Gasteiger partial charge in [0.1, 0.15) is 5.75 Å². The predicted octanol–water partition coefficient (Wildman–Crippen LogP) is 4.68. The molecule has 4 aromatic rings. The SMILES string of the molecule is O=C(CCn1c2ccccc2c2ccccc21)N/C=C/c1ccc(O)cc1. The number of amides is 1. The Morgan fingerprint density at radius 2 is 1.48 bits per heavy atom. The fourth-order valence-corrected chi connectivity index (χ4v) is 3.35. The van der Waals surface area contributed by atoms with Crippen LogP contribution in [0.15, 0.2) is 79.0 Å². The number of para-hydroxylation sites is 2. The third-order valence-corrected chi connectivity index (χ3v) is 4.66. The number of aromatic hydroxyl groups is 1. The summed E-state index contributed by atoms with van der Waals surface area (Å²) in [6.45, 7) is 0.618. The summed E-state index contributed by atoms with van der Waals surface area (Å²) in [6, 6.07) is 23.4. The Morgan fingerprint density at radius 3 is 2.11 bits per heavy atom. The Labute approximate surface area is 157 Å². The molecule has 1 amide bonds. The summed E-state index contributed by atoms with van der Waals surface area (Å²) in [6.07, 6.45) is 3.83. The fraction of sp³-hybridized carbons (Fsp3) is 0.0870. The van der Waals surface area contributed by atoms with E-state index >= 15 is 0 Å². The number of hydrogen-bond acceptors (Lipinski definition) is 2. The molecular weight excluding hydrogens is 336 g/mol. The first-order valence-electron chi connectivity index (χ1n) is 8.93. The van der Waals surface area contributed by atoms with Crippen LogP contribution in [0.2, 0.25) is 0 Å². The van der Waals surface area contributed by atoms with Crippen molar-refractivity contribution in [1.29, 1.82) is 0 Å². The number of carbonyl (C=O) groups is 1. The highest BCUT2D eigenvalue weighted by Gasteiger charge is 2.10. The molecule has 0 aliphatic heterocycles. The number of phenols is 1. The van der Waals surface area contributed by atoms with Gasteiger partial charge in [-0.1, -0.05) is 48.5 Å². The lowest BCUT2D eigenvalue weighted by atomic mass is 10.2. The van der Waals surface area contributed by atoms with Crippen molar-refractivity contribution in [3.05, 3.63) is 84.6 Å². The van der Waals surface area contributed by atoms with Gasteiger partial charge in [-0.2, -0.15) is 0 Å². The number of aromatic nitrogens is 1. The summed E-state index contributed by atoms with van der Waals surface area (Å²) in [5, 5.41) is 14.5. The quantitative estimate of drug-likeness (QED) is 0.546. The van der Waals surface area contributed by atoms with Gasteiger partial charge in [0, 0.05) is 41.0 Å². The molecule has 0 bridgehead atoms. The Morgan fingerprint density at radius 1 is 0.889 bits per heavy atom. The van der Waals surface area contributed by atoms with Crippen molar-refractivity contribution in [2.24, 2.45) is 0 Å². The molecule has 2 N–H and O–H groups in total. The van der Waals surface area contributed by atoms with E-state index in [0.717, 1.165) is 16.6 Å². The van der Waals surface area contributed by atoms with Crippen LogP contribution in [0.1, 0.15) is 12.0 Å². The second kappa shape index (κ2) is 7.38. The molecule has 0 unspecified atom stereocenters. The van der Waals surface area contributed by atoms with Crippen LogP contribution < -0.4 is 5.32 Å².